The molecule has 0 aliphatic heterocycles. The second-order valence-electron chi connectivity index (χ2n) is 6.60. The van der Waals surface area contributed by atoms with Gasteiger partial charge in [0.2, 0.25) is 0 Å². The highest BCUT2D eigenvalue weighted by atomic mass is 32.1. The second kappa shape index (κ2) is 8.24. The molecular formula is C20H18N4O4S. The maximum Gasteiger partial charge on any atom is 0.287 e. The van der Waals surface area contributed by atoms with Gasteiger partial charge in [0.25, 0.3) is 11.2 Å². The fourth-order valence-corrected chi connectivity index (χ4v) is 3.96. The lowest BCUT2D eigenvalue weighted by Crippen LogP contribution is -2.26. The van der Waals surface area contributed by atoms with Gasteiger partial charge in [0.05, 0.1) is 17.7 Å². The molecule has 0 unspecified atom stereocenters. The smallest absolute Gasteiger partial charge is 0.287 e. The van der Waals surface area contributed by atoms with E-state index in [2.05, 4.69) is 6.07 Å². The maximum atomic E-state index is 12.8. The summed E-state index contributed by atoms with van der Waals surface area (Å²) in [5.41, 5.74) is 0.668. The predicted molar refractivity (Wildman–Crippen MR) is 108 cm³/mol. The number of aromatic nitrogens is 2. The highest BCUT2D eigenvalue weighted by Gasteiger charge is 2.19. The fourth-order valence-electron chi connectivity index (χ4n) is 3.26. The fraction of sp³-hybridized carbons (Fsp3) is 0.250. The first-order valence-corrected chi connectivity index (χ1v) is 9.71. The number of carbonyl (C=O) groups excluding carboxylic acids is 1. The molecule has 0 saturated carbocycles. The third-order valence-electron chi connectivity index (χ3n) is 4.75. The molecule has 8 nitrogen and oxygen atoms in total. The van der Waals surface area contributed by atoms with Gasteiger partial charge in [-0.3, -0.25) is 24.3 Å². The number of ketones is 1. The van der Waals surface area contributed by atoms with E-state index in [0.717, 1.165) is 41.2 Å². The molecule has 0 bridgehead atoms. The molecule has 0 aromatic carbocycles. The molecular weight excluding hydrogens is 392 g/mol. The topological polar surface area (TPSA) is 111 Å². The average Bonchev–Trinajstić information content (AvgIpc) is 3.29. The van der Waals surface area contributed by atoms with E-state index in [-0.39, 0.29) is 17.9 Å². The van der Waals surface area contributed by atoms with Gasteiger partial charge in [-0.15, -0.1) is 11.3 Å². The summed E-state index contributed by atoms with van der Waals surface area (Å²) in [5.74, 6) is -0.341. The summed E-state index contributed by atoms with van der Waals surface area (Å²) in [6, 6.07) is 8.38. The van der Waals surface area contributed by atoms with E-state index in [1.54, 1.807) is 23.5 Å². The monoisotopic (exact) mass is 410 g/mol. The van der Waals surface area contributed by atoms with Crippen molar-refractivity contribution in [3.8, 4) is 6.07 Å². The van der Waals surface area contributed by atoms with Crippen LogP contribution < -0.4 is 5.56 Å². The van der Waals surface area contributed by atoms with Crippen LogP contribution >= 0.6 is 11.3 Å². The first kappa shape index (κ1) is 20.2. The summed E-state index contributed by atoms with van der Waals surface area (Å²) in [7, 11) is 0. The number of rotatable bonds is 7. The van der Waals surface area contributed by atoms with Gasteiger partial charge >= 0.3 is 0 Å². The third kappa shape index (κ3) is 4.17. The molecule has 3 aromatic rings. The highest BCUT2D eigenvalue weighted by Crippen LogP contribution is 2.19. The lowest BCUT2D eigenvalue weighted by atomic mass is 10.1. The minimum Gasteiger partial charge on any atom is -0.348 e. The Morgan fingerprint density at radius 3 is 2.72 bits per heavy atom. The molecule has 0 fully saturated rings. The maximum absolute atomic E-state index is 12.8. The first-order valence-electron chi connectivity index (χ1n) is 8.83. The van der Waals surface area contributed by atoms with Crippen LogP contribution in [0, 0.1) is 35.3 Å². The predicted octanol–water partition coefficient (Wildman–Crippen LogP) is 3.23. The number of hydrogen-bond donors (Lipinski definition) is 0. The van der Waals surface area contributed by atoms with Crippen molar-refractivity contribution in [1.29, 1.82) is 5.26 Å². The molecule has 29 heavy (non-hydrogen) atoms. The Hall–Kier alpha value is -3.51. The van der Waals surface area contributed by atoms with Gasteiger partial charge in [-0.05, 0) is 37.8 Å². The summed E-state index contributed by atoms with van der Waals surface area (Å²) in [5, 5.41) is 22.1. The lowest BCUT2D eigenvalue weighted by Gasteiger charge is -2.09. The normalized spacial score (nSPS) is 10.7. The molecule has 0 aliphatic rings. The molecule has 148 valence electrons. The molecule has 0 saturated heterocycles. The minimum absolute atomic E-state index is 0.341. The van der Waals surface area contributed by atoms with Crippen LogP contribution in [0.2, 0.25) is 0 Å². The number of nitrogens with zero attached hydrogens (tertiary/aromatic N) is 4. The zero-order valence-electron chi connectivity index (χ0n) is 15.9. The van der Waals surface area contributed by atoms with Crippen molar-refractivity contribution in [2.45, 2.75) is 33.4 Å². The van der Waals surface area contributed by atoms with Gasteiger partial charge in [-0.25, -0.2) is 0 Å². The van der Waals surface area contributed by atoms with Gasteiger partial charge in [-0.2, -0.15) is 5.26 Å². The van der Waals surface area contributed by atoms with E-state index in [9.17, 15) is 19.7 Å². The Morgan fingerprint density at radius 1 is 1.34 bits per heavy atom. The Morgan fingerprint density at radius 2 is 2.10 bits per heavy atom. The van der Waals surface area contributed by atoms with Crippen LogP contribution in [0.3, 0.4) is 0 Å². The second-order valence-corrected chi connectivity index (χ2v) is 7.64. The lowest BCUT2D eigenvalue weighted by molar-refractivity contribution is -0.385. The first-order chi connectivity index (χ1) is 13.8. The largest absolute Gasteiger partial charge is 0.348 e. The zero-order chi connectivity index (χ0) is 21.1. The van der Waals surface area contributed by atoms with Gasteiger partial charge in [0.15, 0.2) is 5.78 Å². The van der Waals surface area contributed by atoms with E-state index in [0.29, 0.717) is 5.56 Å². The summed E-state index contributed by atoms with van der Waals surface area (Å²) in [6.07, 6.45) is 1.84. The minimum atomic E-state index is -0.724. The number of nitro groups is 1. The molecule has 9 heteroatoms. The van der Waals surface area contributed by atoms with Crippen molar-refractivity contribution in [2.75, 3.05) is 0 Å². The van der Waals surface area contributed by atoms with Crippen LogP contribution in [0.15, 0.2) is 40.6 Å². The van der Waals surface area contributed by atoms with Gasteiger partial charge in [-0.1, -0.05) is 6.07 Å². The summed E-state index contributed by atoms with van der Waals surface area (Å²) in [6.45, 7) is 4.10. The molecule has 0 radical (unpaired) electrons. The highest BCUT2D eigenvalue weighted by molar-refractivity contribution is 7.09. The molecule has 0 aliphatic carbocycles. The van der Waals surface area contributed by atoms with Crippen LogP contribution in [-0.2, 0) is 19.5 Å². The molecule has 0 spiro atoms. The van der Waals surface area contributed by atoms with E-state index in [1.165, 1.54) is 4.88 Å². The Bertz CT molecular complexity index is 1180. The van der Waals surface area contributed by atoms with Crippen molar-refractivity contribution in [2.24, 2.45) is 0 Å². The van der Waals surface area contributed by atoms with Crippen LogP contribution in [-0.4, -0.2) is 19.8 Å². The Labute approximate surface area is 170 Å². The summed E-state index contributed by atoms with van der Waals surface area (Å²) >= 11 is 1.68. The van der Waals surface area contributed by atoms with Gasteiger partial charge in [0.1, 0.15) is 11.6 Å². The molecule has 0 atom stereocenters. The van der Waals surface area contributed by atoms with Crippen LogP contribution in [0.4, 0.5) is 5.69 Å². The number of carbonyl (C=O) groups is 1. The SMILES string of the molecule is Cc1cc(C(=O)Cn2cc([N+](=O)[O-])cc(C#N)c2=O)c(C)n1CCc1cccs1. The van der Waals surface area contributed by atoms with Crippen LogP contribution in [0.1, 0.15) is 32.2 Å². The molecule has 0 amide bonds. The summed E-state index contributed by atoms with van der Waals surface area (Å²) < 4.78 is 2.97. The van der Waals surface area contributed by atoms with Crippen molar-refractivity contribution >= 4 is 22.8 Å². The summed E-state index contributed by atoms with van der Waals surface area (Å²) in [4.78, 5) is 36.7. The number of pyridine rings is 1. The van der Waals surface area contributed by atoms with Crippen LogP contribution in [0.5, 0.6) is 0 Å². The van der Waals surface area contributed by atoms with E-state index in [4.69, 9.17) is 5.26 Å². The van der Waals surface area contributed by atoms with E-state index < -0.39 is 16.2 Å². The van der Waals surface area contributed by atoms with Gasteiger partial charge in [0, 0.05) is 34.4 Å². The number of nitriles is 1. The van der Waals surface area contributed by atoms with Crippen LogP contribution in [0.25, 0.3) is 0 Å². The molecule has 3 rings (SSSR count). The Kier molecular flexibility index (Phi) is 5.75. The third-order valence-corrected chi connectivity index (χ3v) is 5.69. The van der Waals surface area contributed by atoms with Crippen molar-refractivity contribution in [1.82, 2.24) is 9.13 Å². The van der Waals surface area contributed by atoms with Crippen molar-refractivity contribution < 1.29 is 9.72 Å². The Balaban J connectivity index is 1.87. The van der Waals surface area contributed by atoms with Gasteiger partial charge < -0.3 is 4.57 Å². The molecule has 3 heterocycles. The average molecular weight is 410 g/mol. The van der Waals surface area contributed by atoms with Crippen molar-refractivity contribution in [3.63, 3.8) is 0 Å². The number of Topliss-reactive ketones (excluding diaryl/α,β-unsaturated/α-hetero) is 1. The zero-order valence-corrected chi connectivity index (χ0v) is 16.7. The quantitative estimate of drug-likeness (QED) is 0.337. The van der Waals surface area contributed by atoms with E-state index >= 15 is 0 Å². The standard InChI is InChI=1S/C20H18N4O4S/c1-13-8-18(14(2)23(13)6-5-17-4-3-7-29-17)19(25)12-22-11-16(24(27)28)9-15(10-21)20(22)26/h3-4,7-9,11H,5-6,12H2,1-2H3. The number of thiophene rings is 1. The van der Waals surface area contributed by atoms with E-state index in [1.807, 2.05) is 29.9 Å². The molecule has 3 aromatic heterocycles. The number of aryl methyl sites for hydroxylation is 2. The van der Waals surface area contributed by atoms with Crippen molar-refractivity contribution in [3.05, 3.63) is 83.7 Å². The molecule has 0 N–H and O–H groups in total. The number of hydrogen-bond acceptors (Lipinski definition) is 6.